The van der Waals surface area contributed by atoms with Crippen LogP contribution in [0.4, 0.5) is 0 Å². The minimum Gasteiger partial charge on any atom is -0.393 e. The molecule has 0 aromatic heterocycles. The van der Waals surface area contributed by atoms with Gasteiger partial charge in [-0.3, -0.25) is 14.9 Å². The van der Waals surface area contributed by atoms with Crippen LogP contribution in [0.25, 0.3) is 0 Å². The molecule has 1 spiro atoms. The number of aliphatic hydroxyl groups is 4. The molecule has 8 rings (SSSR count). The summed E-state index contributed by atoms with van der Waals surface area (Å²) in [5.74, 6) is 5.24. The second-order valence-corrected chi connectivity index (χ2v) is 20.9. The fraction of sp³-hybridized carbons (Fsp3) is 0.552. The predicted molar refractivity (Wildman–Crippen MR) is 270 cm³/mol. The molecule has 3 aliphatic heterocycles. The van der Waals surface area contributed by atoms with Crippen LogP contribution in [0.2, 0.25) is 0 Å². The monoisotopic (exact) mass is 941 g/mol. The van der Waals surface area contributed by atoms with Crippen molar-refractivity contribution in [1.29, 1.82) is 0 Å². The molecule has 2 aromatic carbocycles. The van der Waals surface area contributed by atoms with Gasteiger partial charge in [0.05, 0.1) is 30.5 Å². The van der Waals surface area contributed by atoms with Crippen molar-refractivity contribution in [3.8, 4) is 11.8 Å². The third kappa shape index (κ3) is 10.8. The van der Waals surface area contributed by atoms with E-state index in [2.05, 4.69) is 66.4 Å². The van der Waals surface area contributed by atoms with Gasteiger partial charge in [0.2, 0.25) is 5.91 Å². The Kier molecular flexibility index (Phi) is 16.4. The lowest BCUT2D eigenvalue weighted by Gasteiger charge is -2.61. The van der Waals surface area contributed by atoms with Gasteiger partial charge in [-0.1, -0.05) is 110 Å². The summed E-state index contributed by atoms with van der Waals surface area (Å²) in [4.78, 5) is 28.7. The maximum Gasteiger partial charge on any atom is 0.243 e. The molecule has 3 aliphatic carbocycles. The Balaban J connectivity index is 1.21. The maximum absolute atomic E-state index is 15.0. The van der Waals surface area contributed by atoms with Gasteiger partial charge in [-0.2, -0.15) is 0 Å². The number of aliphatic hydroxyl groups excluding tert-OH is 3. The summed E-state index contributed by atoms with van der Waals surface area (Å²) in [5.41, 5.74) is 13.0. The first-order valence-electron chi connectivity index (χ1n) is 25.7. The molecule has 0 saturated heterocycles. The molecule has 11 atom stereocenters. The van der Waals surface area contributed by atoms with Crippen LogP contribution in [-0.4, -0.2) is 88.4 Å². The summed E-state index contributed by atoms with van der Waals surface area (Å²) < 4.78 is 6.29. The molecule has 2 bridgehead atoms. The number of hydrogen-bond acceptors (Lipinski definition) is 10. The average molecular weight is 941 g/mol. The van der Waals surface area contributed by atoms with E-state index < -0.39 is 47.5 Å². The summed E-state index contributed by atoms with van der Waals surface area (Å²) in [6, 6.07) is 13.0. The number of carbonyl (C=O) groups is 2. The number of likely N-dealkylation sites (N-methyl/N-ethyl adjacent to an activating group) is 1. The number of rotatable bonds is 3. The molecule has 9 N–H and O–H groups in total. The van der Waals surface area contributed by atoms with Gasteiger partial charge in [0.25, 0.3) is 0 Å². The molecule has 3 fully saturated rings. The molecule has 2 aromatic rings. The number of ether oxygens (including phenoxy) is 1. The molecular weight excluding hydrogens is 865 g/mol. The molecule has 69 heavy (non-hydrogen) atoms. The zero-order valence-corrected chi connectivity index (χ0v) is 41.1. The minimum absolute atomic E-state index is 0.0180. The van der Waals surface area contributed by atoms with E-state index in [1.165, 1.54) is 5.57 Å². The summed E-state index contributed by atoms with van der Waals surface area (Å²) in [5, 5.41) is 59.5. The van der Waals surface area contributed by atoms with Crippen LogP contribution in [0.15, 0.2) is 101 Å². The highest BCUT2D eigenvalue weighted by atomic mass is 16.5. The zero-order chi connectivity index (χ0) is 48.9. The van der Waals surface area contributed by atoms with Gasteiger partial charge < -0.3 is 41.5 Å². The van der Waals surface area contributed by atoms with Crippen molar-refractivity contribution in [2.45, 2.75) is 153 Å². The van der Waals surface area contributed by atoms with Gasteiger partial charge in [-0.15, -0.1) is 0 Å². The van der Waals surface area contributed by atoms with Crippen LogP contribution >= 0.6 is 0 Å². The Morgan fingerprint density at radius 1 is 0.986 bits per heavy atom. The van der Waals surface area contributed by atoms with Crippen molar-refractivity contribution in [1.82, 2.24) is 16.0 Å². The van der Waals surface area contributed by atoms with Crippen LogP contribution in [0, 0.1) is 35.0 Å². The first kappa shape index (κ1) is 50.9. The van der Waals surface area contributed by atoms with Crippen molar-refractivity contribution in [3.63, 3.8) is 0 Å². The van der Waals surface area contributed by atoms with Gasteiger partial charge in [-0.25, -0.2) is 0 Å². The molecule has 11 heteroatoms. The van der Waals surface area contributed by atoms with Gasteiger partial charge in [0.1, 0.15) is 18.8 Å². The molecular formula is C58H76N4O7. The van der Waals surface area contributed by atoms with Gasteiger partial charge in [0, 0.05) is 36.8 Å². The summed E-state index contributed by atoms with van der Waals surface area (Å²) in [6.07, 6.45) is 12.7. The number of β-amino-alcohol motifs (C(OH)–C–C–N with tert-alkyl or cyclic N) is 1. The molecule has 3 heterocycles. The topological polar surface area (TPSA) is 186 Å². The van der Waals surface area contributed by atoms with Crippen LogP contribution in [-0.2, 0) is 33.6 Å². The summed E-state index contributed by atoms with van der Waals surface area (Å²) in [6.45, 7) is 12.0. The first-order chi connectivity index (χ1) is 33.2. The highest BCUT2D eigenvalue weighted by molar-refractivity contribution is 5.98. The lowest BCUT2D eigenvalue weighted by atomic mass is 9.45. The quantitative estimate of drug-likeness (QED) is 0.123. The average Bonchev–Trinajstić information content (AvgIpc) is 3.62. The highest BCUT2D eigenvalue weighted by Crippen LogP contribution is 2.69. The third-order valence-electron chi connectivity index (χ3n) is 16.7. The number of ketones is 1. The molecule has 0 radical (unpaired) electrons. The Morgan fingerprint density at radius 2 is 1.80 bits per heavy atom. The van der Waals surface area contributed by atoms with Crippen LogP contribution in [0.3, 0.4) is 0 Å². The van der Waals surface area contributed by atoms with E-state index in [1.54, 1.807) is 0 Å². The Bertz CT molecular complexity index is 2430. The molecule has 370 valence electrons. The number of Topliss-reactive ketones (excluding diaryl/α,β-unsaturated/α-hetero) is 1. The maximum atomic E-state index is 15.0. The van der Waals surface area contributed by atoms with Crippen LogP contribution in [0.1, 0.15) is 131 Å². The normalized spacial score (nSPS) is 36.2. The molecule has 11 nitrogen and oxygen atoms in total. The molecule has 6 aliphatic rings. The number of nitrogens with two attached hydrogens (primary N) is 1. The van der Waals surface area contributed by atoms with Crippen LogP contribution < -0.4 is 21.7 Å². The van der Waals surface area contributed by atoms with E-state index in [1.807, 2.05) is 55.5 Å². The number of nitrogens with one attached hydrogen (secondary N) is 3. The number of aryl methyl sites for hydroxylation is 1. The Labute approximate surface area is 409 Å². The fourth-order valence-electron chi connectivity index (χ4n) is 13.3. The van der Waals surface area contributed by atoms with E-state index in [4.69, 9.17) is 10.5 Å². The van der Waals surface area contributed by atoms with Gasteiger partial charge in [-0.05, 0) is 147 Å². The smallest absolute Gasteiger partial charge is 0.243 e. The second kappa shape index (κ2) is 22.3. The third-order valence-corrected chi connectivity index (χ3v) is 16.7. The van der Waals surface area contributed by atoms with E-state index >= 15 is 4.79 Å². The first-order valence-corrected chi connectivity index (χ1v) is 25.7. The van der Waals surface area contributed by atoms with Crippen molar-refractivity contribution in [3.05, 3.63) is 129 Å². The number of fused-ring (bicyclic) bond motifs is 3. The molecule has 3 saturated carbocycles. The van der Waals surface area contributed by atoms with Crippen LogP contribution in [0.5, 0.6) is 0 Å². The second-order valence-electron chi connectivity index (χ2n) is 20.9. The van der Waals surface area contributed by atoms with E-state index in [-0.39, 0.29) is 55.7 Å². The molecule has 1 amide bonds. The van der Waals surface area contributed by atoms with Crippen molar-refractivity contribution in [2.24, 2.45) is 28.9 Å². The summed E-state index contributed by atoms with van der Waals surface area (Å²) in [7, 11) is 0. The van der Waals surface area contributed by atoms with E-state index in [0.717, 1.165) is 59.2 Å². The van der Waals surface area contributed by atoms with Gasteiger partial charge in [0.15, 0.2) is 5.78 Å². The van der Waals surface area contributed by atoms with Gasteiger partial charge >= 0.3 is 0 Å². The lowest BCUT2D eigenvalue weighted by molar-refractivity contribution is -0.216. The van der Waals surface area contributed by atoms with E-state index in [0.29, 0.717) is 80.9 Å². The zero-order valence-electron chi connectivity index (χ0n) is 41.1. The Morgan fingerprint density at radius 3 is 2.62 bits per heavy atom. The standard InChI is InChI=1S/C58H76N4O7/c1-5-60-50-25-20-36(2)12-6-7-29-69-35-42(17-8-13-37(50)3)48-33-43-18-11-27-57(68)28-26-46-38(4)51(65)32-41-16-10-19-47-52(41)53(56(67)62-55(47)59)61-34-45(64)22-21-39-14-9-15-40(30-39)31-44(63)23-24-49(46)58(43,57)54(48)66/h8-10,13-17,19-20,30,43-45,48-50,53-55,60-61,63-64,66,68H,3,5,11-12,18,21-29,31-35,59H2,1-2,4H3,(H,62,67)/b13-8+,36-20+,42-17-,46-38?/t43-,44-,45-,48+,49+,50-,53+,54+,55+,57+,58+/m0/s1. The van der Waals surface area contributed by atoms with E-state index in [9.17, 15) is 25.2 Å². The predicted octanol–water partition coefficient (Wildman–Crippen LogP) is 6.61. The van der Waals surface area contributed by atoms with Crippen molar-refractivity contribution in [2.75, 3.05) is 26.3 Å². The number of hydrogen-bond donors (Lipinski definition) is 8. The SMILES string of the molecule is C=C1/C=C/C=C(\[C@H]2C[C@@H]3CCC[C@@]4(O)CCC5=C(C)C(=O)Cc6cccc7c6[C@@H](NC[C@@H](O)CCc6cccc(c6)C[C@@H](O)CC[C@H]5[C@@]34[C@@H]2O)C(=O)N[C@H]7N)COCC#CC/C(C)=C/C[C@@H]1NCC. The number of amides is 1. The number of allylic oxidation sites excluding steroid dienone is 5. The number of benzene rings is 2. The molecule has 0 unspecified atom stereocenters. The Hall–Kier alpha value is -4.48. The summed E-state index contributed by atoms with van der Waals surface area (Å²) >= 11 is 0. The largest absolute Gasteiger partial charge is 0.393 e. The minimum atomic E-state index is -1.21. The lowest BCUT2D eigenvalue weighted by Crippen LogP contribution is -2.65. The number of carbonyl (C=O) groups excluding carboxylic acids is 2. The highest BCUT2D eigenvalue weighted by Gasteiger charge is 2.70. The van der Waals surface area contributed by atoms with Crippen molar-refractivity contribution < 1.29 is 34.8 Å². The van der Waals surface area contributed by atoms with Crippen molar-refractivity contribution >= 4 is 11.7 Å². The fourth-order valence-corrected chi connectivity index (χ4v) is 13.3.